The fourth-order valence-corrected chi connectivity index (χ4v) is 2.33. The number of hydrogen-bond acceptors (Lipinski definition) is 4. The SMILES string of the molecule is Clc1ccc(OCCN2CCCCC2)cc1Cl.O=C(O)C(=O)O. The van der Waals surface area contributed by atoms with Gasteiger partial charge in [0, 0.05) is 12.6 Å². The Morgan fingerprint density at radius 2 is 1.65 bits per heavy atom. The molecule has 8 heteroatoms. The van der Waals surface area contributed by atoms with Gasteiger partial charge in [0.05, 0.1) is 10.0 Å². The van der Waals surface area contributed by atoms with Crippen molar-refractivity contribution in [2.75, 3.05) is 26.2 Å². The number of rotatable bonds is 4. The van der Waals surface area contributed by atoms with Gasteiger partial charge < -0.3 is 14.9 Å². The summed E-state index contributed by atoms with van der Waals surface area (Å²) < 4.78 is 5.66. The molecule has 1 saturated heterocycles. The molecule has 1 aliphatic rings. The molecule has 0 unspecified atom stereocenters. The summed E-state index contributed by atoms with van der Waals surface area (Å²) in [5.41, 5.74) is 0. The number of likely N-dealkylation sites (tertiary alicyclic amines) is 1. The third kappa shape index (κ3) is 8.06. The van der Waals surface area contributed by atoms with Crippen LogP contribution in [-0.2, 0) is 9.59 Å². The van der Waals surface area contributed by atoms with Crippen LogP contribution in [0.25, 0.3) is 0 Å². The van der Waals surface area contributed by atoms with Crippen LogP contribution in [0.15, 0.2) is 18.2 Å². The van der Waals surface area contributed by atoms with Crippen LogP contribution in [-0.4, -0.2) is 53.3 Å². The highest BCUT2D eigenvalue weighted by atomic mass is 35.5. The quantitative estimate of drug-likeness (QED) is 0.799. The number of aliphatic carboxylic acids is 2. The molecule has 0 saturated carbocycles. The first-order valence-electron chi connectivity index (χ1n) is 7.16. The van der Waals surface area contributed by atoms with Gasteiger partial charge in [-0.15, -0.1) is 0 Å². The number of carboxylic acid groups (broad SMARTS) is 2. The zero-order valence-corrected chi connectivity index (χ0v) is 14.0. The van der Waals surface area contributed by atoms with Gasteiger partial charge in [-0.3, -0.25) is 4.90 Å². The summed E-state index contributed by atoms with van der Waals surface area (Å²) in [5, 5.41) is 15.9. The van der Waals surface area contributed by atoms with E-state index < -0.39 is 11.9 Å². The molecule has 1 fully saturated rings. The highest BCUT2D eigenvalue weighted by Crippen LogP contribution is 2.26. The van der Waals surface area contributed by atoms with Gasteiger partial charge in [0.15, 0.2) is 0 Å². The highest BCUT2D eigenvalue weighted by Gasteiger charge is 2.09. The number of piperidine rings is 1. The van der Waals surface area contributed by atoms with E-state index in [9.17, 15) is 0 Å². The number of benzene rings is 1. The summed E-state index contributed by atoms with van der Waals surface area (Å²) >= 11 is 11.8. The molecule has 2 rings (SSSR count). The van der Waals surface area contributed by atoms with Gasteiger partial charge in [-0.05, 0) is 38.1 Å². The maximum Gasteiger partial charge on any atom is 0.414 e. The molecular formula is C15H19Cl2NO5. The average molecular weight is 364 g/mol. The van der Waals surface area contributed by atoms with Crippen molar-refractivity contribution in [3.8, 4) is 5.75 Å². The maximum atomic E-state index is 9.10. The Kier molecular flexibility index (Phi) is 8.76. The van der Waals surface area contributed by atoms with Crippen molar-refractivity contribution < 1.29 is 24.5 Å². The number of halogens is 2. The number of nitrogens with zero attached hydrogens (tertiary/aromatic N) is 1. The van der Waals surface area contributed by atoms with Crippen LogP contribution in [0.3, 0.4) is 0 Å². The van der Waals surface area contributed by atoms with Crippen LogP contribution >= 0.6 is 23.2 Å². The molecule has 0 radical (unpaired) electrons. The molecule has 1 heterocycles. The van der Waals surface area contributed by atoms with Crippen molar-refractivity contribution in [2.24, 2.45) is 0 Å². The molecule has 0 bridgehead atoms. The number of hydrogen-bond donors (Lipinski definition) is 2. The average Bonchev–Trinajstić information content (AvgIpc) is 2.52. The lowest BCUT2D eigenvalue weighted by Crippen LogP contribution is -2.33. The van der Waals surface area contributed by atoms with Gasteiger partial charge in [0.2, 0.25) is 0 Å². The summed E-state index contributed by atoms with van der Waals surface area (Å²) in [6, 6.07) is 5.38. The summed E-state index contributed by atoms with van der Waals surface area (Å²) in [6.07, 6.45) is 3.99. The van der Waals surface area contributed by atoms with Gasteiger partial charge in [-0.2, -0.15) is 0 Å². The standard InChI is InChI=1S/C13H17Cl2NO.C2H2O4/c14-12-5-4-11(10-13(12)15)17-9-8-16-6-2-1-3-7-16;3-1(4)2(5)6/h4-5,10H,1-3,6-9H2;(H,3,4)(H,5,6). The van der Waals surface area contributed by atoms with E-state index in [0.717, 1.165) is 12.3 Å². The van der Waals surface area contributed by atoms with Crippen LogP contribution in [0, 0.1) is 0 Å². The molecule has 0 atom stereocenters. The first-order valence-corrected chi connectivity index (χ1v) is 7.92. The van der Waals surface area contributed by atoms with E-state index in [0.29, 0.717) is 16.7 Å². The lowest BCUT2D eigenvalue weighted by atomic mass is 10.1. The fourth-order valence-electron chi connectivity index (χ4n) is 2.04. The van der Waals surface area contributed by atoms with Crippen LogP contribution in [0.4, 0.5) is 0 Å². The predicted octanol–water partition coefficient (Wildman–Crippen LogP) is 3.01. The van der Waals surface area contributed by atoms with E-state index in [4.69, 9.17) is 47.7 Å². The molecule has 23 heavy (non-hydrogen) atoms. The van der Waals surface area contributed by atoms with E-state index in [1.165, 1.54) is 32.4 Å². The monoisotopic (exact) mass is 363 g/mol. The summed E-state index contributed by atoms with van der Waals surface area (Å²) in [7, 11) is 0. The van der Waals surface area contributed by atoms with E-state index in [1.54, 1.807) is 12.1 Å². The maximum absolute atomic E-state index is 9.10. The molecule has 0 aliphatic carbocycles. The normalized spacial score (nSPS) is 14.5. The van der Waals surface area contributed by atoms with Gasteiger partial charge in [0.25, 0.3) is 0 Å². The van der Waals surface area contributed by atoms with Gasteiger partial charge in [-0.1, -0.05) is 29.6 Å². The molecule has 2 N–H and O–H groups in total. The predicted molar refractivity (Wildman–Crippen MR) is 87.5 cm³/mol. The van der Waals surface area contributed by atoms with E-state index in [2.05, 4.69) is 4.90 Å². The first kappa shape index (κ1) is 19.5. The lowest BCUT2D eigenvalue weighted by molar-refractivity contribution is -0.159. The zero-order chi connectivity index (χ0) is 17.2. The third-order valence-corrected chi connectivity index (χ3v) is 3.94. The van der Waals surface area contributed by atoms with E-state index in [-0.39, 0.29) is 0 Å². The van der Waals surface area contributed by atoms with Crippen LogP contribution in [0.1, 0.15) is 19.3 Å². The van der Waals surface area contributed by atoms with Crippen LogP contribution in [0.5, 0.6) is 5.75 Å². The Hall–Kier alpha value is -1.50. The van der Waals surface area contributed by atoms with E-state index in [1.807, 2.05) is 6.07 Å². The van der Waals surface area contributed by atoms with Crippen LogP contribution in [0.2, 0.25) is 10.0 Å². The van der Waals surface area contributed by atoms with Crippen molar-refractivity contribution in [3.63, 3.8) is 0 Å². The Balaban J connectivity index is 0.000000379. The fraction of sp³-hybridized carbons (Fsp3) is 0.467. The molecule has 1 aromatic carbocycles. The van der Waals surface area contributed by atoms with Crippen molar-refractivity contribution in [3.05, 3.63) is 28.2 Å². The topological polar surface area (TPSA) is 87.1 Å². The van der Waals surface area contributed by atoms with E-state index >= 15 is 0 Å². The molecule has 6 nitrogen and oxygen atoms in total. The van der Waals surface area contributed by atoms with Gasteiger partial charge >= 0.3 is 11.9 Å². The molecule has 1 aliphatic heterocycles. The minimum Gasteiger partial charge on any atom is -0.492 e. The second-order valence-electron chi connectivity index (χ2n) is 4.94. The number of ether oxygens (including phenoxy) is 1. The molecule has 128 valence electrons. The Morgan fingerprint density at radius 3 is 2.17 bits per heavy atom. The Labute approximate surface area is 144 Å². The Bertz CT molecular complexity index is 521. The van der Waals surface area contributed by atoms with Crippen molar-refractivity contribution >= 4 is 35.1 Å². The second kappa shape index (κ2) is 10.3. The molecule has 0 spiro atoms. The largest absolute Gasteiger partial charge is 0.492 e. The van der Waals surface area contributed by atoms with Crippen molar-refractivity contribution in [1.29, 1.82) is 0 Å². The minimum absolute atomic E-state index is 0.544. The van der Waals surface area contributed by atoms with Crippen LogP contribution < -0.4 is 4.74 Å². The van der Waals surface area contributed by atoms with Gasteiger partial charge in [-0.25, -0.2) is 9.59 Å². The summed E-state index contributed by atoms with van der Waals surface area (Å²) in [4.78, 5) is 20.6. The zero-order valence-electron chi connectivity index (χ0n) is 12.5. The van der Waals surface area contributed by atoms with Crippen molar-refractivity contribution in [2.45, 2.75) is 19.3 Å². The highest BCUT2D eigenvalue weighted by molar-refractivity contribution is 6.42. The summed E-state index contributed by atoms with van der Waals surface area (Å²) in [6.45, 7) is 4.09. The third-order valence-electron chi connectivity index (χ3n) is 3.20. The molecule has 0 aromatic heterocycles. The second-order valence-corrected chi connectivity index (χ2v) is 5.75. The van der Waals surface area contributed by atoms with Crippen molar-refractivity contribution in [1.82, 2.24) is 4.90 Å². The molecule has 1 aromatic rings. The Morgan fingerprint density at radius 1 is 1.04 bits per heavy atom. The number of carboxylic acids is 2. The number of carbonyl (C=O) groups is 2. The summed E-state index contributed by atoms with van der Waals surface area (Å²) in [5.74, 6) is -2.86. The molecular weight excluding hydrogens is 345 g/mol. The minimum atomic E-state index is -1.82. The smallest absolute Gasteiger partial charge is 0.414 e. The first-order chi connectivity index (χ1) is 10.9. The van der Waals surface area contributed by atoms with Gasteiger partial charge in [0.1, 0.15) is 12.4 Å². The lowest BCUT2D eigenvalue weighted by Gasteiger charge is -2.26. The molecule has 0 amide bonds.